The first kappa shape index (κ1) is 22.4. The lowest BCUT2D eigenvalue weighted by molar-refractivity contribution is 0.116. The predicted molar refractivity (Wildman–Crippen MR) is 138 cm³/mol. The van der Waals surface area contributed by atoms with Gasteiger partial charge in [-0.15, -0.1) is 0 Å². The third kappa shape index (κ3) is 4.17. The second-order valence-electron chi connectivity index (χ2n) is 10.4. The number of fused-ring (bicyclic) bond motifs is 4. The van der Waals surface area contributed by atoms with E-state index in [1.54, 1.807) is 0 Å². The number of para-hydroxylation sites is 1. The minimum Gasteiger partial charge on any atom is -0.396 e. The van der Waals surface area contributed by atoms with Gasteiger partial charge in [0.05, 0.1) is 17.3 Å². The fourth-order valence-corrected chi connectivity index (χ4v) is 6.08. The summed E-state index contributed by atoms with van der Waals surface area (Å²) >= 11 is 0. The summed E-state index contributed by atoms with van der Waals surface area (Å²) in [6, 6.07) is 12.9. The van der Waals surface area contributed by atoms with Crippen molar-refractivity contribution in [1.82, 2.24) is 19.5 Å². The number of aliphatic hydroxyl groups is 2. The van der Waals surface area contributed by atoms with E-state index in [2.05, 4.69) is 46.1 Å². The van der Waals surface area contributed by atoms with E-state index in [-0.39, 0.29) is 6.61 Å². The van der Waals surface area contributed by atoms with Crippen LogP contribution in [0.4, 0.5) is 11.8 Å². The Morgan fingerprint density at radius 1 is 1.03 bits per heavy atom. The number of rotatable bonds is 5. The zero-order valence-corrected chi connectivity index (χ0v) is 20.2. The third-order valence-corrected chi connectivity index (χ3v) is 7.97. The van der Waals surface area contributed by atoms with Gasteiger partial charge in [-0.05, 0) is 74.5 Å². The molecule has 1 saturated carbocycles. The molecule has 2 atom stereocenters. The number of benzene rings is 1. The van der Waals surface area contributed by atoms with E-state index in [1.165, 1.54) is 36.6 Å². The number of aliphatic hydroxyl groups excluding tert-OH is 2. The minimum atomic E-state index is -0.614. The molecular weight excluding hydrogens is 438 g/mol. The SMILES string of the molecule is CC1CCC(n2c3ccccc3c3cnc(Nc4ccc5c(n4)[C@H](O)CC(CCO)C5)nc32)CC1. The van der Waals surface area contributed by atoms with Crippen LogP contribution in [0.5, 0.6) is 0 Å². The molecule has 0 spiro atoms. The van der Waals surface area contributed by atoms with Gasteiger partial charge in [-0.2, -0.15) is 4.98 Å². The predicted octanol–water partition coefficient (Wildman–Crippen LogP) is 5.45. The lowest BCUT2D eigenvalue weighted by atomic mass is 9.83. The van der Waals surface area contributed by atoms with Crippen molar-refractivity contribution < 1.29 is 10.2 Å². The topological polar surface area (TPSA) is 96.1 Å². The van der Waals surface area contributed by atoms with Crippen molar-refractivity contribution in [3.63, 3.8) is 0 Å². The highest BCUT2D eigenvalue weighted by Crippen LogP contribution is 2.39. The van der Waals surface area contributed by atoms with E-state index in [1.807, 2.05) is 18.3 Å². The van der Waals surface area contributed by atoms with Crippen LogP contribution in [0.3, 0.4) is 0 Å². The lowest BCUT2D eigenvalue weighted by Gasteiger charge is -2.28. The maximum absolute atomic E-state index is 10.7. The van der Waals surface area contributed by atoms with Crippen LogP contribution in [0, 0.1) is 11.8 Å². The van der Waals surface area contributed by atoms with Gasteiger partial charge in [-0.3, -0.25) is 0 Å². The minimum absolute atomic E-state index is 0.149. The molecule has 1 fully saturated rings. The van der Waals surface area contributed by atoms with E-state index >= 15 is 0 Å². The molecule has 3 N–H and O–H groups in total. The Balaban J connectivity index is 1.35. The van der Waals surface area contributed by atoms with Crippen molar-refractivity contribution in [3.05, 3.63) is 53.9 Å². The molecule has 35 heavy (non-hydrogen) atoms. The number of anilines is 2. The smallest absolute Gasteiger partial charge is 0.230 e. The van der Waals surface area contributed by atoms with Gasteiger partial charge in [-0.25, -0.2) is 9.97 Å². The van der Waals surface area contributed by atoms with Crippen molar-refractivity contribution in [2.45, 2.75) is 64.0 Å². The van der Waals surface area contributed by atoms with E-state index in [0.717, 1.165) is 34.6 Å². The van der Waals surface area contributed by atoms with Gasteiger partial charge in [0.25, 0.3) is 0 Å². The molecule has 1 unspecified atom stereocenters. The molecule has 0 amide bonds. The molecule has 1 aromatic carbocycles. The van der Waals surface area contributed by atoms with Gasteiger partial charge in [0.2, 0.25) is 5.95 Å². The van der Waals surface area contributed by atoms with Crippen LogP contribution in [0.15, 0.2) is 42.6 Å². The molecule has 182 valence electrons. The summed E-state index contributed by atoms with van der Waals surface area (Å²) in [4.78, 5) is 14.3. The Morgan fingerprint density at radius 2 is 1.86 bits per heavy atom. The highest BCUT2D eigenvalue weighted by molar-refractivity contribution is 6.06. The Bertz CT molecular complexity index is 1360. The zero-order valence-electron chi connectivity index (χ0n) is 20.2. The quantitative estimate of drug-likeness (QED) is 0.358. The average Bonchev–Trinajstić information content (AvgIpc) is 3.19. The Kier molecular flexibility index (Phi) is 5.90. The molecule has 4 aromatic rings. The lowest BCUT2D eigenvalue weighted by Crippen LogP contribution is -2.21. The fourth-order valence-electron chi connectivity index (χ4n) is 6.08. The van der Waals surface area contributed by atoms with Crippen molar-refractivity contribution in [1.29, 1.82) is 0 Å². The second kappa shape index (κ2) is 9.21. The zero-order chi connectivity index (χ0) is 23.9. The Labute approximate surface area is 205 Å². The Hall–Kier alpha value is -3.03. The van der Waals surface area contributed by atoms with E-state index < -0.39 is 6.10 Å². The Morgan fingerprint density at radius 3 is 2.69 bits per heavy atom. The first-order chi connectivity index (χ1) is 17.1. The number of nitrogens with zero attached hydrogens (tertiary/aromatic N) is 4. The van der Waals surface area contributed by atoms with Crippen LogP contribution >= 0.6 is 0 Å². The van der Waals surface area contributed by atoms with E-state index in [0.29, 0.717) is 36.6 Å². The van der Waals surface area contributed by atoms with Crippen molar-refractivity contribution in [2.75, 3.05) is 11.9 Å². The van der Waals surface area contributed by atoms with Crippen LogP contribution < -0.4 is 5.32 Å². The molecule has 6 rings (SSSR count). The summed E-state index contributed by atoms with van der Waals surface area (Å²) in [6.45, 7) is 2.50. The molecule has 0 bridgehead atoms. The molecular formula is C28H33N5O2. The van der Waals surface area contributed by atoms with Crippen LogP contribution in [0.1, 0.15) is 68.9 Å². The van der Waals surface area contributed by atoms with Crippen LogP contribution in [0.2, 0.25) is 0 Å². The highest BCUT2D eigenvalue weighted by atomic mass is 16.3. The van der Waals surface area contributed by atoms with E-state index in [9.17, 15) is 10.2 Å². The first-order valence-electron chi connectivity index (χ1n) is 12.9. The summed E-state index contributed by atoms with van der Waals surface area (Å²) in [6.07, 6.45) is 8.31. The first-order valence-corrected chi connectivity index (χ1v) is 12.9. The number of pyridine rings is 1. The molecule has 3 heterocycles. The van der Waals surface area contributed by atoms with Gasteiger partial charge in [0.15, 0.2) is 0 Å². The third-order valence-electron chi connectivity index (χ3n) is 7.97. The standard InChI is InChI=1S/C28H33N5O2/c1-17-6-9-20(10-7-17)33-23-5-3-2-4-21(23)22-16-29-28(32-27(22)33)31-25-11-8-19-14-18(12-13-34)15-24(35)26(19)30-25/h2-5,8,11,16-18,20,24,34-35H,6-7,9-10,12-15H2,1H3,(H,29,30,31,32)/t17?,18?,20?,24-/m1/s1. The summed E-state index contributed by atoms with van der Waals surface area (Å²) in [7, 11) is 0. The van der Waals surface area contributed by atoms with Gasteiger partial charge >= 0.3 is 0 Å². The molecule has 7 nitrogen and oxygen atoms in total. The summed E-state index contributed by atoms with van der Waals surface area (Å²) in [5, 5.41) is 25.5. The molecule has 0 aliphatic heterocycles. The molecule has 3 aromatic heterocycles. The number of aromatic nitrogens is 4. The highest BCUT2D eigenvalue weighted by Gasteiger charge is 2.27. The van der Waals surface area contributed by atoms with Crippen LogP contribution in [-0.2, 0) is 6.42 Å². The number of hydrogen-bond acceptors (Lipinski definition) is 6. The van der Waals surface area contributed by atoms with Gasteiger partial charge in [0, 0.05) is 29.6 Å². The van der Waals surface area contributed by atoms with Gasteiger partial charge in [-0.1, -0.05) is 31.2 Å². The van der Waals surface area contributed by atoms with Crippen molar-refractivity contribution in [3.8, 4) is 0 Å². The number of nitrogens with one attached hydrogen (secondary N) is 1. The number of hydrogen-bond donors (Lipinski definition) is 3. The fraction of sp³-hybridized carbons (Fsp3) is 0.464. The normalized spacial score (nSPS) is 24.5. The molecule has 0 radical (unpaired) electrons. The van der Waals surface area contributed by atoms with E-state index in [4.69, 9.17) is 9.97 Å². The molecule has 0 saturated heterocycles. The van der Waals surface area contributed by atoms with Crippen molar-refractivity contribution >= 4 is 33.7 Å². The average molecular weight is 472 g/mol. The van der Waals surface area contributed by atoms with Crippen LogP contribution in [0.25, 0.3) is 21.9 Å². The second-order valence-corrected chi connectivity index (χ2v) is 10.4. The maximum atomic E-state index is 10.7. The summed E-state index contributed by atoms with van der Waals surface area (Å²) in [5.41, 5.74) is 3.96. The largest absolute Gasteiger partial charge is 0.396 e. The van der Waals surface area contributed by atoms with Crippen LogP contribution in [-0.4, -0.2) is 36.3 Å². The maximum Gasteiger partial charge on any atom is 0.230 e. The molecule has 2 aliphatic rings. The summed E-state index contributed by atoms with van der Waals surface area (Å²) in [5.74, 6) is 2.23. The molecule has 2 aliphatic carbocycles. The van der Waals surface area contributed by atoms with Gasteiger partial charge in [0.1, 0.15) is 11.5 Å². The monoisotopic (exact) mass is 471 g/mol. The molecule has 7 heteroatoms. The van der Waals surface area contributed by atoms with Crippen molar-refractivity contribution in [2.24, 2.45) is 11.8 Å². The summed E-state index contributed by atoms with van der Waals surface area (Å²) < 4.78 is 2.43. The van der Waals surface area contributed by atoms with Gasteiger partial charge < -0.3 is 20.1 Å².